The Morgan fingerprint density at radius 1 is 1.50 bits per heavy atom. The fourth-order valence-electron chi connectivity index (χ4n) is 1.02. The highest BCUT2D eigenvalue weighted by Gasteiger charge is 2.04. The van der Waals surface area contributed by atoms with E-state index in [1.807, 2.05) is 6.92 Å². The van der Waals surface area contributed by atoms with Gasteiger partial charge in [-0.15, -0.1) is 0 Å². The van der Waals surface area contributed by atoms with Gasteiger partial charge in [0.15, 0.2) is 0 Å². The number of benzene rings is 1. The molecule has 0 saturated carbocycles. The Morgan fingerprint density at radius 2 is 2.21 bits per heavy atom. The molecule has 0 aliphatic carbocycles. The second-order valence-corrected chi connectivity index (χ2v) is 4.74. The maximum Gasteiger partial charge on any atom is 0.127 e. The smallest absolute Gasteiger partial charge is 0.127 e. The summed E-state index contributed by atoms with van der Waals surface area (Å²) >= 11 is 6.67. The molecule has 0 aromatic heterocycles. The summed E-state index contributed by atoms with van der Waals surface area (Å²) in [4.78, 5) is 0. The summed E-state index contributed by atoms with van der Waals surface area (Å²) in [5, 5.41) is 4.07. The summed E-state index contributed by atoms with van der Waals surface area (Å²) in [5.74, 6) is -0.164. The molecule has 1 rings (SSSR count). The summed E-state index contributed by atoms with van der Waals surface area (Å²) in [5.41, 5.74) is 0.687. The van der Waals surface area contributed by atoms with E-state index in [2.05, 4.69) is 37.2 Å². The van der Waals surface area contributed by atoms with Gasteiger partial charge in [0, 0.05) is 28.0 Å². The van der Waals surface area contributed by atoms with Crippen molar-refractivity contribution >= 4 is 31.9 Å². The van der Waals surface area contributed by atoms with Crippen molar-refractivity contribution in [3.8, 4) is 0 Å². The molecule has 0 heterocycles. The van der Waals surface area contributed by atoms with Crippen LogP contribution >= 0.6 is 31.9 Å². The molecule has 1 unspecified atom stereocenters. The van der Waals surface area contributed by atoms with Crippen molar-refractivity contribution in [1.82, 2.24) is 5.32 Å². The average molecular weight is 325 g/mol. The van der Waals surface area contributed by atoms with Gasteiger partial charge in [-0.1, -0.05) is 31.9 Å². The molecule has 0 aliphatic heterocycles. The number of alkyl halides is 1. The van der Waals surface area contributed by atoms with Crippen LogP contribution in [-0.2, 0) is 6.54 Å². The minimum absolute atomic E-state index is 0.164. The first-order valence-electron chi connectivity index (χ1n) is 4.36. The molecular weight excluding hydrogens is 313 g/mol. The van der Waals surface area contributed by atoms with Crippen molar-refractivity contribution in [2.45, 2.75) is 19.5 Å². The van der Waals surface area contributed by atoms with Crippen molar-refractivity contribution < 1.29 is 4.39 Å². The van der Waals surface area contributed by atoms with E-state index in [1.165, 1.54) is 6.07 Å². The zero-order chi connectivity index (χ0) is 10.6. The molecule has 0 bridgehead atoms. The van der Waals surface area contributed by atoms with Gasteiger partial charge in [-0.25, -0.2) is 4.39 Å². The van der Waals surface area contributed by atoms with E-state index in [0.29, 0.717) is 18.2 Å². The number of hydrogen-bond acceptors (Lipinski definition) is 1. The molecule has 1 N–H and O–H groups in total. The highest BCUT2D eigenvalue weighted by molar-refractivity contribution is 9.10. The van der Waals surface area contributed by atoms with E-state index in [0.717, 1.165) is 9.80 Å². The number of rotatable bonds is 4. The summed E-state index contributed by atoms with van der Waals surface area (Å²) in [6.45, 7) is 2.60. The van der Waals surface area contributed by atoms with Crippen LogP contribution in [0.5, 0.6) is 0 Å². The van der Waals surface area contributed by atoms with Crippen LogP contribution in [0.4, 0.5) is 4.39 Å². The van der Waals surface area contributed by atoms with Crippen LogP contribution < -0.4 is 5.32 Å². The third kappa shape index (κ3) is 3.67. The van der Waals surface area contributed by atoms with Crippen LogP contribution in [-0.4, -0.2) is 11.4 Å². The SMILES string of the molecule is CC(CBr)NCc1cc(Br)ccc1F. The second-order valence-electron chi connectivity index (χ2n) is 3.17. The lowest BCUT2D eigenvalue weighted by atomic mass is 10.2. The highest BCUT2D eigenvalue weighted by Crippen LogP contribution is 2.15. The molecule has 1 aromatic carbocycles. The quantitative estimate of drug-likeness (QED) is 0.836. The van der Waals surface area contributed by atoms with Crippen LogP contribution in [0.25, 0.3) is 0 Å². The number of halogens is 3. The van der Waals surface area contributed by atoms with E-state index < -0.39 is 0 Å². The lowest BCUT2D eigenvalue weighted by Gasteiger charge is -2.11. The molecular formula is C10H12Br2FN. The van der Waals surface area contributed by atoms with Crippen LogP contribution in [0.1, 0.15) is 12.5 Å². The van der Waals surface area contributed by atoms with Crippen LogP contribution in [0, 0.1) is 5.82 Å². The van der Waals surface area contributed by atoms with Crippen LogP contribution in [0.3, 0.4) is 0 Å². The molecule has 78 valence electrons. The van der Waals surface area contributed by atoms with Gasteiger partial charge in [0.2, 0.25) is 0 Å². The van der Waals surface area contributed by atoms with Crippen molar-refractivity contribution in [2.75, 3.05) is 5.33 Å². The van der Waals surface area contributed by atoms with E-state index in [-0.39, 0.29) is 5.82 Å². The first-order chi connectivity index (χ1) is 6.63. The largest absolute Gasteiger partial charge is 0.309 e. The Morgan fingerprint density at radius 3 is 2.86 bits per heavy atom. The molecule has 14 heavy (non-hydrogen) atoms. The lowest BCUT2D eigenvalue weighted by Crippen LogP contribution is -2.27. The van der Waals surface area contributed by atoms with Crippen molar-refractivity contribution in [3.63, 3.8) is 0 Å². The van der Waals surface area contributed by atoms with Crippen molar-refractivity contribution in [1.29, 1.82) is 0 Å². The maximum atomic E-state index is 13.3. The van der Waals surface area contributed by atoms with Gasteiger partial charge in [-0.05, 0) is 25.1 Å². The van der Waals surface area contributed by atoms with E-state index in [9.17, 15) is 4.39 Å². The van der Waals surface area contributed by atoms with Gasteiger partial charge in [0.1, 0.15) is 5.82 Å². The molecule has 0 amide bonds. The Balaban J connectivity index is 2.62. The zero-order valence-electron chi connectivity index (χ0n) is 7.86. The standard InChI is InChI=1S/C10H12Br2FN/c1-7(5-11)14-6-8-4-9(12)2-3-10(8)13/h2-4,7,14H,5-6H2,1H3. The summed E-state index contributed by atoms with van der Waals surface area (Å²) in [6, 6.07) is 5.31. The molecule has 0 radical (unpaired) electrons. The normalized spacial score (nSPS) is 12.9. The summed E-state index contributed by atoms with van der Waals surface area (Å²) in [7, 11) is 0. The minimum atomic E-state index is -0.164. The van der Waals surface area contributed by atoms with E-state index in [4.69, 9.17) is 0 Å². The summed E-state index contributed by atoms with van der Waals surface area (Å²) in [6.07, 6.45) is 0. The monoisotopic (exact) mass is 323 g/mol. The molecule has 0 fully saturated rings. The average Bonchev–Trinajstić information content (AvgIpc) is 2.19. The van der Waals surface area contributed by atoms with Gasteiger partial charge >= 0.3 is 0 Å². The van der Waals surface area contributed by atoms with Gasteiger partial charge in [0.05, 0.1) is 0 Å². The van der Waals surface area contributed by atoms with E-state index >= 15 is 0 Å². The fraction of sp³-hybridized carbons (Fsp3) is 0.400. The maximum absolute atomic E-state index is 13.3. The number of hydrogen-bond donors (Lipinski definition) is 1. The van der Waals surface area contributed by atoms with Gasteiger partial charge in [0.25, 0.3) is 0 Å². The topological polar surface area (TPSA) is 12.0 Å². The molecule has 0 aliphatic rings. The predicted octanol–water partition coefficient (Wildman–Crippen LogP) is 3.46. The Kier molecular flexibility index (Phi) is 5.06. The van der Waals surface area contributed by atoms with Crippen molar-refractivity contribution in [2.24, 2.45) is 0 Å². The molecule has 1 aromatic rings. The zero-order valence-corrected chi connectivity index (χ0v) is 11.0. The predicted molar refractivity (Wildman–Crippen MR) is 64.2 cm³/mol. The third-order valence-corrected chi connectivity index (χ3v) is 3.34. The molecule has 4 heteroatoms. The number of nitrogens with one attached hydrogen (secondary N) is 1. The van der Waals surface area contributed by atoms with Gasteiger partial charge in [-0.2, -0.15) is 0 Å². The molecule has 1 atom stereocenters. The van der Waals surface area contributed by atoms with Gasteiger partial charge in [-0.3, -0.25) is 0 Å². The molecule has 0 spiro atoms. The Hall–Kier alpha value is 0.0700. The molecule has 0 saturated heterocycles. The fourth-order valence-corrected chi connectivity index (χ4v) is 1.65. The second kappa shape index (κ2) is 5.83. The first-order valence-corrected chi connectivity index (χ1v) is 6.28. The Bertz CT molecular complexity index is 304. The highest BCUT2D eigenvalue weighted by atomic mass is 79.9. The Labute approximate surface area is 100 Å². The summed E-state index contributed by atoms with van der Waals surface area (Å²) < 4.78 is 14.2. The van der Waals surface area contributed by atoms with Crippen molar-refractivity contribution in [3.05, 3.63) is 34.1 Å². The third-order valence-electron chi connectivity index (χ3n) is 1.88. The van der Waals surface area contributed by atoms with Crippen LogP contribution in [0.2, 0.25) is 0 Å². The first kappa shape index (κ1) is 12.1. The minimum Gasteiger partial charge on any atom is -0.309 e. The lowest BCUT2D eigenvalue weighted by molar-refractivity contribution is 0.558. The molecule has 1 nitrogen and oxygen atoms in total. The van der Waals surface area contributed by atoms with Crippen LogP contribution in [0.15, 0.2) is 22.7 Å². The van der Waals surface area contributed by atoms with E-state index in [1.54, 1.807) is 12.1 Å². The van der Waals surface area contributed by atoms with Gasteiger partial charge < -0.3 is 5.32 Å².